The highest BCUT2D eigenvalue weighted by molar-refractivity contribution is 5.22. The van der Waals surface area contributed by atoms with Gasteiger partial charge in [-0.1, -0.05) is 23.8 Å². The molecule has 0 aromatic heterocycles. The van der Waals surface area contributed by atoms with E-state index in [1.54, 1.807) is 5.57 Å². The second-order valence-electron chi connectivity index (χ2n) is 3.40. The Morgan fingerprint density at radius 2 is 2.30 bits per heavy atom. The van der Waals surface area contributed by atoms with Gasteiger partial charge in [-0.3, -0.25) is 0 Å². The molecular formula is C10H14. The lowest BCUT2D eigenvalue weighted by atomic mass is 9.73. The molecule has 3 rings (SSSR count). The quantitative estimate of drug-likeness (QED) is 0.447. The molecule has 54 valence electrons. The molecule has 0 aromatic carbocycles. The van der Waals surface area contributed by atoms with Crippen LogP contribution >= 0.6 is 0 Å². The van der Waals surface area contributed by atoms with Crippen LogP contribution in [0.15, 0.2) is 23.8 Å². The molecule has 0 heteroatoms. The summed E-state index contributed by atoms with van der Waals surface area (Å²) in [4.78, 5) is 0. The summed E-state index contributed by atoms with van der Waals surface area (Å²) in [7, 11) is 0. The minimum absolute atomic E-state index is 0.815. The van der Waals surface area contributed by atoms with Gasteiger partial charge >= 0.3 is 0 Å². The first-order valence-electron chi connectivity index (χ1n) is 4.23. The van der Waals surface area contributed by atoms with E-state index in [9.17, 15) is 0 Å². The first kappa shape index (κ1) is 6.21. The first-order valence-corrected chi connectivity index (χ1v) is 4.23. The van der Waals surface area contributed by atoms with Gasteiger partial charge in [-0.05, 0) is 38.0 Å². The van der Waals surface area contributed by atoms with Crippen molar-refractivity contribution in [3.63, 3.8) is 0 Å². The SMILES string of the molecule is C/C=C1/CC2C=CC1CC2. The lowest BCUT2D eigenvalue weighted by Crippen LogP contribution is -2.19. The van der Waals surface area contributed by atoms with E-state index in [0.29, 0.717) is 0 Å². The van der Waals surface area contributed by atoms with Gasteiger partial charge in [0.05, 0.1) is 0 Å². The van der Waals surface area contributed by atoms with Crippen molar-refractivity contribution in [2.75, 3.05) is 0 Å². The molecule has 0 amide bonds. The van der Waals surface area contributed by atoms with Gasteiger partial charge in [0, 0.05) is 0 Å². The molecule has 3 aliphatic rings. The Bertz CT molecular complexity index is 186. The predicted molar refractivity (Wildman–Crippen MR) is 43.7 cm³/mol. The van der Waals surface area contributed by atoms with Gasteiger partial charge < -0.3 is 0 Å². The van der Waals surface area contributed by atoms with Gasteiger partial charge in [0.15, 0.2) is 0 Å². The molecule has 1 saturated carbocycles. The molecule has 10 heavy (non-hydrogen) atoms. The van der Waals surface area contributed by atoms with E-state index >= 15 is 0 Å². The Morgan fingerprint density at radius 1 is 1.40 bits per heavy atom. The van der Waals surface area contributed by atoms with E-state index in [-0.39, 0.29) is 0 Å². The zero-order chi connectivity index (χ0) is 6.97. The summed E-state index contributed by atoms with van der Waals surface area (Å²) in [6, 6.07) is 0. The average Bonchev–Trinajstić information content (AvgIpc) is 2.06. The van der Waals surface area contributed by atoms with Crippen molar-refractivity contribution in [3.8, 4) is 0 Å². The summed E-state index contributed by atoms with van der Waals surface area (Å²) in [6.07, 6.45) is 11.3. The normalized spacial score (nSPS) is 41.1. The van der Waals surface area contributed by atoms with Crippen LogP contribution in [0.2, 0.25) is 0 Å². The summed E-state index contributed by atoms with van der Waals surface area (Å²) in [6.45, 7) is 2.17. The van der Waals surface area contributed by atoms with E-state index in [1.807, 2.05) is 0 Å². The topological polar surface area (TPSA) is 0 Å². The van der Waals surface area contributed by atoms with Crippen molar-refractivity contribution in [1.82, 2.24) is 0 Å². The van der Waals surface area contributed by atoms with Gasteiger partial charge in [0.1, 0.15) is 0 Å². The lowest BCUT2D eigenvalue weighted by Gasteiger charge is -2.32. The maximum atomic E-state index is 2.40. The molecule has 2 atom stereocenters. The summed E-state index contributed by atoms with van der Waals surface area (Å²) in [5.74, 6) is 1.70. The molecule has 0 spiro atoms. The Kier molecular flexibility index (Phi) is 1.40. The summed E-state index contributed by atoms with van der Waals surface area (Å²) < 4.78 is 0. The van der Waals surface area contributed by atoms with Crippen LogP contribution in [0, 0.1) is 11.8 Å². The van der Waals surface area contributed by atoms with Crippen LogP contribution in [0.5, 0.6) is 0 Å². The third kappa shape index (κ3) is 0.828. The van der Waals surface area contributed by atoms with Crippen molar-refractivity contribution in [2.24, 2.45) is 11.8 Å². The highest BCUT2D eigenvalue weighted by atomic mass is 14.3. The molecule has 3 aliphatic carbocycles. The number of hydrogen-bond acceptors (Lipinski definition) is 0. The van der Waals surface area contributed by atoms with Gasteiger partial charge in [-0.15, -0.1) is 0 Å². The molecule has 1 fully saturated rings. The third-order valence-corrected chi connectivity index (χ3v) is 2.81. The lowest BCUT2D eigenvalue weighted by molar-refractivity contribution is 0.410. The first-order chi connectivity index (χ1) is 4.90. The summed E-state index contributed by atoms with van der Waals surface area (Å²) >= 11 is 0. The van der Waals surface area contributed by atoms with Crippen LogP contribution in [0.1, 0.15) is 26.2 Å². The Hall–Kier alpha value is -0.520. The highest BCUT2D eigenvalue weighted by Gasteiger charge is 2.25. The van der Waals surface area contributed by atoms with Crippen molar-refractivity contribution in [2.45, 2.75) is 26.2 Å². The molecule has 2 unspecified atom stereocenters. The smallest absolute Gasteiger partial charge is 0.00229 e. The molecule has 0 heterocycles. The van der Waals surface area contributed by atoms with Crippen LogP contribution in [0.25, 0.3) is 0 Å². The molecular weight excluding hydrogens is 120 g/mol. The van der Waals surface area contributed by atoms with Crippen LogP contribution in [-0.4, -0.2) is 0 Å². The monoisotopic (exact) mass is 134 g/mol. The van der Waals surface area contributed by atoms with Crippen LogP contribution in [-0.2, 0) is 0 Å². The van der Waals surface area contributed by atoms with Crippen molar-refractivity contribution in [1.29, 1.82) is 0 Å². The Labute approximate surface area is 62.6 Å². The minimum atomic E-state index is 0.815. The molecule has 0 aliphatic heterocycles. The van der Waals surface area contributed by atoms with E-state index in [0.717, 1.165) is 11.8 Å². The Balaban J connectivity index is 2.27. The summed E-state index contributed by atoms with van der Waals surface area (Å²) in [5, 5.41) is 0. The van der Waals surface area contributed by atoms with Crippen molar-refractivity contribution in [3.05, 3.63) is 23.8 Å². The van der Waals surface area contributed by atoms with Crippen molar-refractivity contribution >= 4 is 0 Å². The Morgan fingerprint density at radius 3 is 2.60 bits per heavy atom. The highest BCUT2D eigenvalue weighted by Crippen LogP contribution is 2.39. The van der Waals surface area contributed by atoms with Crippen LogP contribution in [0.4, 0.5) is 0 Å². The molecule has 0 radical (unpaired) electrons. The standard InChI is InChI=1S/C10H14/c1-2-9-7-8-3-5-10(9)6-4-8/h2-3,5,8,10H,4,6-7H2,1H3/b9-2-. The predicted octanol–water partition coefficient (Wildman–Crippen LogP) is 2.92. The minimum Gasteiger partial charge on any atom is -0.0878 e. The van der Waals surface area contributed by atoms with E-state index < -0.39 is 0 Å². The fraction of sp³-hybridized carbons (Fsp3) is 0.600. The third-order valence-electron chi connectivity index (χ3n) is 2.81. The van der Waals surface area contributed by atoms with E-state index in [4.69, 9.17) is 0 Å². The number of fused-ring (bicyclic) bond motifs is 2. The fourth-order valence-electron chi connectivity index (χ4n) is 2.14. The second kappa shape index (κ2) is 2.26. The van der Waals surface area contributed by atoms with Gasteiger partial charge in [0.2, 0.25) is 0 Å². The molecule has 0 aromatic rings. The largest absolute Gasteiger partial charge is 0.0878 e. The molecule has 0 nitrogen and oxygen atoms in total. The maximum Gasteiger partial charge on any atom is -0.00229 e. The van der Waals surface area contributed by atoms with Crippen molar-refractivity contribution < 1.29 is 0 Å². The van der Waals surface area contributed by atoms with E-state index in [2.05, 4.69) is 25.2 Å². The zero-order valence-electron chi connectivity index (χ0n) is 6.51. The zero-order valence-corrected chi connectivity index (χ0v) is 6.51. The maximum absolute atomic E-state index is 2.40. The van der Waals surface area contributed by atoms with Gasteiger partial charge in [-0.2, -0.15) is 0 Å². The average molecular weight is 134 g/mol. The van der Waals surface area contributed by atoms with Gasteiger partial charge in [-0.25, -0.2) is 0 Å². The van der Waals surface area contributed by atoms with Gasteiger partial charge in [0.25, 0.3) is 0 Å². The fourth-order valence-corrected chi connectivity index (χ4v) is 2.14. The van der Waals surface area contributed by atoms with E-state index in [1.165, 1.54) is 19.3 Å². The summed E-state index contributed by atoms with van der Waals surface area (Å²) in [5.41, 5.74) is 1.68. The van der Waals surface area contributed by atoms with Crippen LogP contribution < -0.4 is 0 Å². The number of allylic oxidation sites excluding steroid dienone is 4. The number of hydrogen-bond donors (Lipinski definition) is 0. The number of rotatable bonds is 0. The molecule has 0 N–H and O–H groups in total. The molecule has 2 bridgehead atoms. The second-order valence-corrected chi connectivity index (χ2v) is 3.40. The molecule has 0 saturated heterocycles. The van der Waals surface area contributed by atoms with Crippen LogP contribution in [0.3, 0.4) is 0 Å².